The van der Waals surface area contributed by atoms with E-state index < -0.39 is 0 Å². The maximum Gasteiger partial charge on any atom is 0.256 e. The van der Waals surface area contributed by atoms with Crippen LogP contribution in [0.25, 0.3) is 0 Å². The molecule has 1 aliphatic rings. The van der Waals surface area contributed by atoms with Crippen molar-refractivity contribution in [3.63, 3.8) is 0 Å². The highest BCUT2D eigenvalue weighted by molar-refractivity contribution is 5.98. The van der Waals surface area contributed by atoms with Crippen molar-refractivity contribution in [1.29, 1.82) is 0 Å². The van der Waals surface area contributed by atoms with Gasteiger partial charge in [0, 0.05) is 19.3 Å². The van der Waals surface area contributed by atoms with Gasteiger partial charge in [-0.05, 0) is 18.8 Å². The molecular formula is C13H20N4O2. The minimum atomic E-state index is -0.190. The van der Waals surface area contributed by atoms with Crippen LogP contribution in [0, 0.1) is 5.92 Å². The molecule has 1 heterocycles. The van der Waals surface area contributed by atoms with E-state index in [1.165, 1.54) is 6.20 Å². The minimum absolute atomic E-state index is 0.190. The summed E-state index contributed by atoms with van der Waals surface area (Å²) in [5.41, 5.74) is 6.11. The van der Waals surface area contributed by atoms with Gasteiger partial charge in [-0.2, -0.15) is 0 Å². The molecule has 6 nitrogen and oxygen atoms in total. The molecule has 1 aromatic rings. The first-order chi connectivity index (χ1) is 9.15. The van der Waals surface area contributed by atoms with Crippen LogP contribution < -0.4 is 11.1 Å². The zero-order valence-electron chi connectivity index (χ0n) is 11.3. The number of amides is 1. The molecule has 2 unspecified atom stereocenters. The number of ether oxygens (including phenoxy) is 1. The Hall–Kier alpha value is -1.69. The number of anilines is 1. The number of nitrogens with zero attached hydrogens (tertiary/aromatic N) is 2. The Balaban J connectivity index is 1.96. The van der Waals surface area contributed by atoms with Crippen LogP contribution in [0.4, 0.5) is 5.82 Å². The van der Waals surface area contributed by atoms with Crippen LogP contribution >= 0.6 is 0 Å². The van der Waals surface area contributed by atoms with Gasteiger partial charge in [0.15, 0.2) is 5.82 Å². The third-order valence-electron chi connectivity index (χ3n) is 3.28. The first-order valence-electron chi connectivity index (χ1n) is 6.56. The number of nitrogen functional groups attached to an aromatic ring is 1. The van der Waals surface area contributed by atoms with Crippen molar-refractivity contribution < 1.29 is 9.53 Å². The summed E-state index contributed by atoms with van der Waals surface area (Å²) in [6, 6.07) is 0.283. The molecule has 19 heavy (non-hydrogen) atoms. The Morgan fingerprint density at radius 3 is 3.05 bits per heavy atom. The number of hydrogen-bond acceptors (Lipinski definition) is 5. The maximum atomic E-state index is 12.0. The predicted octanol–water partition coefficient (Wildman–Crippen LogP) is 1.12. The number of hydrogen-bond donors (Lipinski definition) is 2. The van der Waals surface area contributed by atoms with E-state index >= 15 is 0 Å². The lowest BCUT2D eigenvalue weighted by Crippen LogP contribution is -2.28. The Morgan fingerprint density at radius 2 is 2.42 bits per heavy atom. The largest absolute Gasteiger partial charge is 0.383 e. The molecule has 0 aromatic carbocycles. The Morgan fingerprint density at radius 1 is 1.63 bits per heavy atom. The van der Waals surface area contributed by atoms with Crippen molar-refractivity contribution in [2.75, 3.05) is 12.8 Å². The van der Waals surface area contributed by atoms with Gasteiger partial charge in [0.2, 0.25) is 0 Å². The zero-order chi connectivity index (χ0) is 13.8. The molecule has 0 bridgehead atoms. The van der Waals surface area contributed by atoms with Crippen molar-refractivity contribution in [1.82, 2.24) is 15.3 Å². The fourth-order valence-corrected chi connectivity index (χ4v) is 2.17. The SMILES string of the molecule is CCCC1CC1NC(=O)c1cnc(COC)nc1N. The van der Waals surface area contributed by atoms with Gasteiger partial charge in [-0.15, -0.1) is 0 Å². The Kier molecular flexibility index (Phi) is 4.31. The number of methoxy groups -OCH3 is 1. The van der Waals surface area contributed by atoms with E-state index in [9.17, 15) is 4.79 Å². The molecule has 2 atom stereocenters. The summed E-state index contributed by atoms with van der Waals surface area (Å²) in [7, 11) is 1.56. The van der Waals surface area contributed by atoms with E-state index in [0.29, 0.717) is 17.3 Å². The molecule has 2 rings (SSSR count). The lowest BCUT2D eigenvalue weighted by Gasteiger charge is -2.07. The van der Waals surface area contributed by atoms with Gasteiger partial charge in [-0.3, -0.25) is 4.79 Å². The van der Waals surface area contributed by atoms with Crippen molar-refractivity contribution >= 4 is 11.7 Å². The first kappa shape index (κ1) is 13.7. The molecule has 104 valence electrons. The lowest BCUT2D eigenvalue weighted by atomic mass is 10.2. The molecule has 1 saturated carbocycles. The number of nitrogens with two attached hydrogens (primary N) is 1. The van der Waals surface area contributed by atoms with Crippen molar-refractivity contribution in [3.8, 4) is 0 Å². The van der Waals surface area contributed by atoms with Crippen LogP contribution in [0.3, 0.4) is 0 Å². The molecule has 1 aliphatic carbocycles. The highest BCUT2D eigenvalue weighted by Gasteiger charge is 2.37. The summed E-state index contributed by atoms with van der Waals surface area (Å²) in [6.07, 6.45) is 4.82. The molecule has 1 aromatic heterocycles. The second-order valence-electron chi connectivity index (χ2n) is 4.88. The molecule has 0 spiro atoms. The van der Waals surface area contributed by atoms with E-state index in [-0.39, 0.29) is 24.4 Å². The average molecular weight is 264 g/mol. The summed E-state index contributed by atoms with van der Waals surface area (Å²) < 4.78 is 4.92. The number of aromatic nitrogens is 2. The minimum Gasteiger partial charge on any atom is -0.383 e. The van der Waals surface area contributed by atoms with Crippen LogP contribution in [0.2, 0.25) is 0 Å². The maximum absolute atomic E-state index is 12.0. The molecule has 6 heteroatoms. The van der Waals surface area contributed by atoms with Crippen molar-refractivity contribution in [3.05, 3.63) is 17.6 Å². The second-order valence-corrected chi connectivity index (χ2v) is 4.88. The van der Waals surface area contributed by atoms with Crippen molar-refractivity contribution in [2.24, 2.45) is 5.92 Å². The number of rotatable bonds is 6. The number of carbonyl (C=O) groups excluding carboxylic acids is 1. The first-order valence-corrected chi connectivity index (χ1v) is 6.56. The fraction of sp³-hybridized carbons (Fsp3) is 0.615. The highest BCUT2D eigenvalue weighted by Crippen LogP contribution is 2.34. The van der Waals surface area contributed by atoms with Crippen LogP contribution in [0.5, 0.6) is 0 Å². The summed E-state index contributed by atoms with van der Waals surface area (Å²) in [6.45, 7) is 2.44. The van der Waals surface area contributed by atoms with Gasteiger partial charge >= 0.3 is 0 Å². The van der Waals surface area contributed by atoms with E-state index in [2.05, 4.69) is 22.2 Å². The van der Waals surface area contributed by atoms with Gasteiger partial charge in [0.1, 0.15) is 12.4 Å². The zero-order valence-corrected chi connectivity index (χ0v) is 11.3. The highest BCUT2D eigenvalue weighted by atomic mass is 16.5. The normalized spacial score (nSPS) is 21.2. The van der Waals surface area contributed by atoms with Crippen LogP contribution in [-0.4, -0.2) is 29.0 Å². The Bertz CT molecular complexity index is 464. The topological polar surface area (TPSA) is 90.1 Å². The van der Waals surface area contributed by atoms with Gasteiger partial charge in [-0.25, -0.2) is 9.97 Å². The summed E-state index contributed by atoms with van der Waals surface area (Å²) in [5, 5.41) is 2.97. The molecule has 1 amide bonds. The van der Waals surface area contributed by atoms with Crippen LogP contribution in [0.1, 0.15) is 42.4 Å². The molecule has 3 N–H and O–H groups in total. The molecule has 1 fully saturated rings. The monoisotopic (exact) mass is 264 g/mol. The Labute approximate surface area is 112 Å². The molecule has 0 saturated heterocycles. The van der Waals surface area contributed by atoms with Crippen LogP contribution in [0.15, 0.2) is 6.20 Å². The number of nitrogens with one attached hydrogen (secondary N) is 1. The van der Waals surface area contributed by atoms with Gasteiger partial charge in [0.25, 0.3) is 5.91 Å². The van der Waals surface area contributed by atoms with E-state index in [0.717, 1.165) is 19.3 Å². The van der Waals surface area contributed by atoms with Gasteiger partial charge in [-0.1, -0.05) is 13.3 Å². The van der Waals surface area contributed by atoms with E-state index in [1.54, 1.807) is 7.11 Å². The van der Waals surface area contributed by atoms with E-state index in [1.807, 2.05) is 0 Å². The third kappa shape index (κ3) is 3.41. The standard InChI is InChI=1S/C13H20N4O2/c1-3-4-8-5-10(8)16-13(18)9-6-15-11(7-19-2)17-12(9)14/h6,8,10H,3-5,7H2,1-2H3,(H,16,18)(H2,14,15,17). The summed E-state index contributed by atoms with van der Waals surface area (Å²) in [5.74, 6) is 1.10. The molecule has 0 radical (unpaired) electrons. The van der Waals surface area contributed by atoms with Crippen LogP contribution in [-0.2, 0) is 11.3 Å². The lowest BCUT2D eigenvalue weighted by molar-refractivity contribution is 0.0948. The average Bonchev–Trinajstić information content (AvgIpc) is 3.08. The third-order valence-corrected chi connectivity index (χ3v) is 3.28. The fourth-order valence-electron chi connectivity index (χ4n) is 2.17. The summed E-state index contributed by atoms with van der Waals surface area (Å²) in [4.78, 5) is 20.1. The van der Waals surface area contributed by atoms with Crippen molar-refractivity contribution in [2.45, 2.75) is 38.8 Å². The molecular weight excluding hydrogens is 244 g/mol. The summed E-state index contributed by atoms with van der Waals surface area (Å²) >= 11 is 0. The van der Waals surface area contributed by atoms with Gasteiger partial charge in [0.05, 0.1) is 5.56 Å². The van der Waals surface area contributed by atoms with Gasteiger partial charge < -0.3 is 15.8 Å². The smallest absolute Gasteiger partial charge is 0.256 e. The van der Waals surface area contributed by atoms with E-state index in [4.69, 9.17) is 10.5 Å². The quantitative estimate of drug-likeness (QED) is 0.803. The number of carbonyl (C=O) groups is 1. The molecule has 0 aliphatic heterocycles. The second kappa shape index (κ2) is 5.97. The predicted molar refractivity (Wildman–Crippen MR) is 71.4 cm³/mol.